The highest BCUT2D eigenvalue weighted by Gasteiger charge is 2.30. The second-order valence-electron chi connectivity index (χ2n) is 6.87. The van der Waals surface area contributed by atoms with Gasteiger partial charge in [-0.25, -0.2) is 8.42 Å². The van der Waals surface area contributed by atoms with Gasteiger partial charge in [-0.05, 0) is 42.0 Å². The molecule has 0 atom stereocenters. The van der Waals surface area contributed by atoms with Crippen molar-refractivity contribution in [3.8, 4) is 5.75 Å². The Bertz CT molecular complexity index is 1280. The van der Waals surface area contributed by atoms with Crippen molar-refractivity contribution in [3.05, 3.63) is 82.9 Å². The molecule has 3 rings (SSSR count). The number of benzene rings is 3. The van der Waals surface area contributed by atoms with Crippen LogP contribution in [0.25, 0.3) is 0 Å². The predicted molar refractivity (Wildman–Crippen MR) is 119 cm³/mol. The van der Waals surface area contributed by atoms with Crippen LogP contribution in [0.15, 0.2) is 71.6 Å². The molecular formula is C22H18ClF3N2O4S. The summed E-state index contributed by atoms with van der Waals surface area (Å²) in [6, 6.07) is 14.6. The SMILES string of the molecule is COc1ccc(NC(=O)Cc2cccc(C(F)(F)F)c2)cc1S(=O)(=O)Nc1ccccc1Cl. The number of para-hydroxylation sites is 1. The van der Waals surface area contributed by atoms with Crippen molar-refractivity contribution in [2.24, 2.45) is 0 Å². The van der Waals surface area contributed by atoms with Gasteiger partial charge in [-0.3, -0.25) is 9.52 Å². The van der Waals surface area contributed by atoms with Gasteiger partial charge in [0.25, 0.3) is 10.0 Å². The molecule has 6 nitrogen and oxygen atoms in total. The van der Waals surface area contributed by atoms with E-state index in [1.54, 1.807) is 12.1 Å². The molecule has 11 heteroatoms. The second-order valence-corrected chi connectivity index (χ2v) is 8.93. The molecular weight excluding hydrogens is 481 g/mol. The Labute approximate surface area is 193 Å². The number of ether oxygens (including phenoxy) is 1. The molecule has 0 aliphatic heterocycles. The number of nitrogens with one attached hydrogen (secondary N) is 2. The topological polar surface area (TPSA) is 84.5 Å². The Kier molecular flexibility index (Phi) is 7.19. The first-order valence-corrected chi connectivity index (χ1v) is 11.3. The number of hydrogen-bond acceptors (Lipinski definition) is 4. The zero-order chi connectivity index (χ0) is 24.2. The zero-order valence-corrected chi connectivity index (χ0v) is 18.7. The molecule has 0 fully saturated rings. The van der Waals surface area contributed by atoms with Crippen LogP contribution in [0, 0.1) is 0 Å². The second kappa shape index (κ2) is 9.72. The predicted octanol–water partition coefficient (Wildman–Crippen LogP) is 5.35. The number of carbonyl (C=O) groups excluding carboxylic acids is 1. The number of amides is 1. The lowest BCUT2D eigenvalue weighted by Gasteiger charge is -2.14. The molecule has 0 aliphatic rings. The monoisotopic (exact) mass is 498 g/mol. The Morgan fingerprint density at radius 2 is 1.76 bits per heavy atom. The summed E-state index contributed by atoms with van der Waals surface area (Å²) in [4.78, 5) is 12.1. The lowest BCUT2D eigenvalue weighted by molar-refractivity contribution is -0.137. The van der Waals surface area contributed by atoms with Crippen LogP contribution in [0.5, 0.6) is 5.75 Å². The minimum atomic E-state index is -4.53. The van der Waals surface area contributed by atoms with E-state index in [4.69, 9.17) is 16.3 Å². The van der Waals surface area contributed by atoms with Crippen LogP contribution in [0.3, 0.4) is 0 Å². The van der Waals surface area contributed by atoms with Crippen LogP contribution in [0.4, 0.5) is 24.5 Å². The first-order valence-electron chi connectivity index (χ1n) is 9.41. The van der Waals surface area contributed by atoms with Crippen molar-refractivity contribution >= 4 is 38.9 Å². The van der Waals surface area contributed by atoms with Crippen molar-refractivity contribution in [1.82, 2.24) is 0 Å². The van der Waals surface area contributed by atoms with Gasteiger partial charge >= 0.3 is 6.18 Å². The lowest BCUT2D eigenvalue weighted by atomic mass is 10.1. The smallest absolute Gasteiger partial charge is 0.416 e. The van der Waals surface area contributed by atoms with E-state index >= 15 is 0 Å². The average Bonchev–Trinajstić information content (AvgIpc) is 2.75. The first kappa shape index (κ1) is 24.4. The maximum absolute atomic E-state index is 12.9. The highest BCUT2D eigenvalue weighted by molar-refractivity contribution is 7.92. The molecule has 33 heavy (non-hydrogen) atoms. The first-order chi connectivity index (χ1) is 15.5. The third-order valence-electron chi connectivity index (χ3n) is 4.47. The summed E-state index contributed by atoms with van der Waals surface area (Å²) in [5.41, 5.74) is -0.437. The molecule has 0 bridgehead atoms. The number of anilines is 2. The highest BCUT2D eigenvalue weighted by Crippen LogP contribution is 2.31. The summed E-state index contributed by atoms with van der Waals surface area (Å²) in [5.74, 6) is -0.604. The van der Waals surface area contributed by atoms with Crippen molar-refractivity contribution in [3.63, 3.8) is 0 Å². The van der Waals surface area contributed by atoms with E-state index in [9.17, 15) is 26.4 Å². The molecule has 0 heterocycles. The Morgan fingerprint density at radius 1 is 1.03 bits per heavy atom. The molecule has 3 aromatic carbocycles. The molecule has 0 saturated heterocycles. The number of sulfonamides is 1. The van der Waals surface area contributed by atoms with E-state index in [0.29, 0.717) is 0 Å². The van der Waals surface area contributed by atoms with Gasteiger partial charge in [0.1, 0.15) is 10.6 Å². The lowest BCUT2D eigenvalue weighted by Crippen LogP contribution is -2.17. The van der Waals surface area contributed by atoms with Crippen molar-refractivity contribution in [1.29, 1.82) is 0 Å². The normalized spacial score (nSPS) is 11.7. The number of rotatable bonds is 7. The van der Waals surface area contributed by atoms with E-state index in [-0.39, 0.29) is 39.0 Å². The molecule has 3 aromatic rings. The summed E-state index contributed by atoms with van der Waals surface area (Å²) in [6.45, 7) is 0. The fourth-order valence-corrected chi connectivity index (χ4v) is 4.47. The minimum absolute atomic E-state index is 0.0189. The molecule has 0 spiro atoms. The number of alkyl halides is 3. The average molecular weight is 499 g/mol. The molecule has 0 unspecified atom stereocenters. The van der Waals surface area contributed by atoms with Gasteiger partial charge in [0, 0.05) is 5.69 Å². The van der Waals surface area contributed by atoms with Crippen molar-refractivity contribution in [2.45, 2.75) is 17.5 Å². The number of carbonyl (C=O) groups is 1. The van der Waals surface area contributed by atoms with Gasteiger partial charge in [-0.2, -0.15) is 13.2 Å². The largest absolute Gasteiger partial charge is 0.495 e. The molecule has 1 amide bonds. The standard InChI is InChI=1S/C22H18ClF3N2O4S/c1-32-19-10-9-16(13-20(19)33(30,31)28-18-8-3-2-7-17(18)23)27-21(29)12-14-5-4-6-15(11-14)22(24,25)26/h2-11,13,28H,12H2,1H3,(H,27,29). The fourth-order valence-electron chi connectivity index (χ4n) is 2.96. The van der Waals surface area contributed by atoms with Crippen LogP contribution in [0.2, 0.25) is 5.02 Å². The van der Waals surface area contributed by atoms with Crippen LogP contribution in [0.1, 0.15) is 11.1 Å². The van der Waals surface area contributed by atoms with Crippen LogP contribution in [-0.2, 0) is 27.4 Å². The van der Waals surface area contributed by atoms with Gasteiger partial charge in [0.2, 0.25) is 5.91 Å². The van der Waals surface area contributed by atoms with Gasteiger partial charge in [-0.15, -0.1) is 0 Å². The third-order valence-corrected chi connectivity index (χ3v) is 6.19. The zero-order valence-electron chi connectivity index (χ0n) is 17.1. The quantitative estimate of drug-likeness (QED) is 0.460. The van der Waals surface area contributed by atoms with Gasteiger partial charge in [0.15, 0.2) is 0 Å². The van der Waals surface area contributed by atoms with Gasteiger partial charge < -0.3 is 10.1 Å². The summed E-state index contributed by atoms with van der Waals surface area (Å²) >= 11 is 6.02. The molecule has 0 aromatic heterocycles. The maximum Gasteiger partial charge on any atom is 0.416 e. The summed E-state index contributed by atoms with van der Waals surface area (Å²) < 4.78 is 72.0. The molecule has 0 radical (unpaired) electrons. The maximum atomic E-state index is 12.9. The van der Waals surface area contributed by atoms with E-state index in [0.717, 1.165) is 12.1 Å². The van der Waals surface area contributed by atoms with Gasteiger partial charge in [0.05, 0.1) is 29.8 Å². The fraction of sp³-hybridized carbons (Fsp3) is 0.136. The van der Waals surface area contributed by atoms with Gasteiger partial charge in [-0.1, -0.05) is 41.9 Å². The van der Waals surface area contributed by atoms with E-state index in [1.165, 1.54) is 49.6 Å². The van der Waals surface area contributed by atoms with E-state index < -0.39 is 27.7 Å². The summed E-state index contributed by atoms with van der Waals surface area (Å²) in [7, 11) is -2.87. The Morgan fingerprint density at radius 3 is 2.42 bits per heavy atom. The van der Waals surface area contributed by atoms with E-state index in [1.807, 2.05) is 0 Å². The number of halogens is 4. The highest BCUT2D eigenvalue weighted by atomic mass is 35.5. The number of methoxy groups -OCH3 is 1. The van der Waals surface area contributed by atoms with Crippen LogP contribution < -0.4 is 14.8 Å². The minimum Gasteiger partial charge on any atom is -0.495 e. The Hall–Kier alpha value is -3.24. The van der Waals surface area contributed by atoms with E-state index in [2.05, 4.69) is 10.0 Å². The molecule has 0 saturated carbocycles. The van der Waals surface area contributed by atoms with Crippen LogP contribution >= 0.6 is 11.6 Å². The molecule has 0 aliphatic carbocycles. The molecule has 174 valence electrons. The third kappa shape index (κ3) is 6.17. The summed E-state index contributed by atoms with van der Waals surface area (Å²) in [6.07, 6.45) is -4.86. The van der Waals surface area contributed by atoms with Crippen LogP contribution in [-0.4, -0.2) is 21.4 Å². The van der Waals surface area contributed by atoms with Crippen molar-refractivity contribution in [2.75, 3.05) is 17.1 Å². The molecule has 2 N–H and O–H groups in total. The van der Waals surface area contributed by atoms with Crippen molar-refractivity contribution < 1.29 is 31.1 Å². The Balaban J connectivity index is 1.82. The summed E-state index contributed by atoms with van der Waals surface area (Å²) in [5, 5.41) is 2.68. The number of hydrogen-bond donors (Lipinski definition) is 2.